The number of nitro benzene ring substituents is 1. The van der Waals surface area contributed by atoms with Crippen molar-refractivity contribution in [1.29, 1.82) is 0 Å². The molecular formula is C17H25N3O5. The van der Waals surface area contributed by atoms with Crippen LogP contribution in [0.4, 0.5) is 11.4 Å². The maximum Gasteiger partial charge on any atom is 0.334 e. The first-order chi connectivity index (χ1) is 11.5. The molecule has 0 aliphatic heterocycles. The van der Waals surface area contributed by atoms with E-state index in [-0.39, 0.29) is 12.1 Å². The Hall–Kier alpha value is -2.48. The first-order valence-electron chi connectivity index (χ1n) is 7.96. The second kappa shape index (κ2) is 8.06. The van der Waals surface area contributed by atoms with E-state index < -0.39 is 22.0 Å². The van der Waals surface area contributed by atoms with Crippen LogP contribution in [0.15, 0.2) is 18.2 Å². The number of nitrogens with two attached hydrogens (primary N) is 1. The third-order valence-electron chi connectivity index (χ3n) is 3.42. The molecular weight excluding hydrogens is 326 g/mol. The lowest BCUT2D eigenvalue weighted by atomic mass is 9.96. The Morgan fingerprint density at radius 1 is 1.40 bits per heavy atom. The molecule has 1 unspecified atom stereocenters. The Balaban J connectivity index is 2.67. The largest absolute Gasteiger partial charge is 0.458 e. The summed E-state index contributed by atoms with van der Waals surface area (Å²) in [5.41, 5.74) is 4.61. The molecule has 0 saturated carbocycles. The quantitative estimate of drug-likeness (QED) is 0.184. The van der Waals surface area contributed by atoms with Gasteiger partial charge >= 0.3 is 5.97 Å². The third-order valence-corrected chi connectivity index (χ3v) is 3.42. The Morgan fingerprint density at radius 3 is 2.56 bits per heavy atom. The minimum Gasteiger partial charge on any atom is -0.458 e. The Bertz CT molecular complexity index is 654. The molecule has 0 saturated heterocycles. The van der Waals surface area contributed by atoms with Gasteiger partial charge in [-0.05, 0) is 52.2 Å². The van der Waals surface area contributed by atoms with Crippen molar-refractivity contribution in [2.45, 2.75) is 51.7 Å². The highest BCUT2D eigenvalue weighted by atomic mass is 16.6. The summed E-state index contributed by atoms with van der Waals surface area (Å²) in [5, 5.41) is 14.0. The summed E-state index contributed by atoms with van der Waals surface area (Å²) in [6.45, 7) is 7.21. The minimum absolute atomic E-state index is 0.0351. The Labute approximate surface area is 146 Å². The molecule has 8 heteroatoms. The molecule has 0 aliphatic rings. The van der Waals surface area contributed by atoms with Crippen molar-refractivity contribution in [1.82, 2.24) is 0 Å². The number of anilines is 1. The second-order valence-electron chi connectivity index (χ2n) is 6.97. The molecule has 8 nitrogen and oxygen atoms in total. The van der Waals surface area contributed by atoms with Gasteiger partial charge in [0.2, 0.25) is 0 Å². The number of aldehydes is 1. The molecule has 25 heavy (non-hydrogen) atoms. The SMILES string of the molecule is Cc1ccc([N+](=O)[O-])c(NCCCC(N)(C=O)C(=O)OC(C)(C)C)c1. The van der Waals surface area contributed by atoms with Gasteiger partial charge in [-0.2, -0.15) is 0 Å². The fourth-order valence-corrected chi connectivity index (χ4v) is 2.14. The van der Waals surface area contributed by atoms with Crippen LogP contribution in [-0.4, -0.2) is 34.9 Å². The summed E-state index contributed by atoms with van der Waals surface area (Å²) in [6.07, 6.45) is 0.813. The second-order valence-corrected chi connectivity index (χ2v) is 6.97. The zero-order valence-electron chi connectivity index (χ0n) is 15.0. The van der Waals surface area contributed by atoms with Crippen LogP contribution >= 0.6 is 0 Å². The molecule has 0 amide bonds. The van der Waals surface area contributed by atoms with Gasteiger partial charge in [-0.1, -0.05) is 6.07 Å². The Morgan fingerprint density at radius 2 is 2.04 bits per heavy atom. The molecule has 3 N–H and O–H groups in total. The van der Waals surface area contributed by atoms with E-state index in [4.69, 9.17) is 10.5 Å². The highest BCUT2D eigenvalue weighted by molar-refractivity contribution is 5.98. The van der Waals surface area contributed by atoms with Crippen molar-refractivity contribution in [3.8, 4) is 0 Å². The number of carbonyl (C=O) groups is 2. The predicted molar refractivity (Wildman–Crippen MR) is 94.4 cm³/mol. The number of aryl methyl sites for hydroxylation is 1. The van der Waals surface area contributed by atoms with Crippen molar-refractivity contribution in [2.24, 2.45) is 5.73 Å². The van der Waals surface area contributed by atoms with Crippen LogP contribution in [0.1, 0.15) is 39.2 Å². The number of esters is 1. The standard InChI is InChI=1S/C17H25N3O5/c1-12-6-7-14(20(23)24)13(10-12)19-9-5-8-17(18,11-21)15(22)25-16(2,3)4/h6-7,10-11,19H,5,8-9,18H2,1-4H3. The molecule has 1 aromatic rings. The van der Waals surface area contributed by atoms with Crippen molar-refractivity contribution >= 4 is 23.6 Å². The van der Waals surface area contributed by atoms with Gasteiger partial charge in [0.25, 0.3) is 5.69 Å². The van der Waals surface area contributed by atoms with E-state index in [1.54, 1.807) is 32.9 Å². The van der Waals surface area contributed by atoms with Crippen LogP contribution in [0.2, 0.25) is 0 Å². The average Bonchev–Trinajstić information content (AvgIpc) is 2.49. The summed E-state index contributed by atoms with van der Waals surface area (Å²) >= 11 is 0. The number of rotatable bonds is 8. The van der Waals surface area contributed by atoms with E-state index in [1.807, 2.05) is 6.92 Å². The fourth-order valence-electron chi connectivity index (χ4n) is 2.14. The smallest absolute Gasteiger partial charge is 0.334 e. The van der Waals surface area contributed by atoms with Crippen LogP contribution in [-0.2, 0) is 14.3 Å². The van der Waals surface area contributed by atoms with Gasteiger partial charge in [0, 0.05) is 12.6 Å². The topological polar surface area (TPSA) is 125 Å². The van der Waals surface area contributed by atoms with Gasteiger partial charge in [0.1, 0.15) is 11.3 Å². The lowest BCUT2D eigenvalue weighted by molar-refractivity contribution is -0.384. The highest BCUT2D eigenvalue weighted by Crippen LogP contribution is 2.25. The average molecular weight is 351 g/mol. The van der Waals surface area contributed by atoms with E-state index in [0.29, 0.717) is 24.9 Å². The number of nitrogens with one attached hydrogen (secondary N) is 1. The normalized spacial score (nSPS) is 13.6. The molecule has 0 aromatic heterocycles. The van der Waals surface area contributed by atoms with Crippen molar-refractivity contribution in [2.75, 3.05) is 11.9 Å². The maximum absolute atomic E-state index is 12.1. The number of benzene rings is 1. The first kappa shape index (κ1) is 20.6. The minimum atomic E-state index is -1.73. The number of carbonyl (C=O) groups excluding carboxylic acids is 2. The van der Waals surface area contributed by atoms with Crippen LogP contribution in [0.5, 0.6) is 0 Å². The van der Waals surface area contributed by atoms with Gasteiger partial charge in [0.05, 0.1) is 4.92 Å². The molecule has 1 atom stereocenters. The van der Waals surface area contributed by atoms with E-state index in [9.17, 15) is 19.7 Å². The monoisotopic (exact) mass is 351 g/mol. The molecule has 1 aromatic carbocycles. The zero-order valence-corrected chi connectivity index (χ0v) is 15.0. The van der Waals surface area contributed by atoms with Gasteiger partial charge in [-0.25, -0.2) is 4.79 Å². The molecule has 138 valence electrons. The summed E-state index contributed by atoms with van der Waals surface area (Å²) in [7, 11) is 0. The van der Waals surface area contributed by atoms with E-state index in [1.165, 1.54) is 6.07 Å². The van der Waals surface area contributed by atoms with Crippen LogP contribution < -0.4 is 11.1 Å². The van der Waals surface area contributed by atoms with Gasteiger partial charge in [-0.3, -0.25) is 10.1 Å². The molecule has 0 fully saturated rings. The maximum atomic E-state index is 12.1. The lowest BCUT2D eigenvalue weighted by Crippen LogP contribution is -2.52. The van der Waals surface area contributed by atoms with E-state index in [2.05, 4.69) is 5.32 Å². The number of hydrogen-bond acceptors (Lipinski definition) is 7. The number of nitro groups is 1. The van der Waals surface area contributed by atoms with Gasteiger partial charge in [-0.15, -0.1) is 0 Å². The fraction of sp³-hybridized carbons (Fsp3) is 0.529. The molecule has 0 heterocycles. The first-order valence-corrected chi connectivity index (χ1v) is 7.96. The van der Waals surface area contributed by atoms with Crippen molar-refractivity contribution in [3.63, 3.8) is 0 Å². The molecule has 0 aliphatic carbocycles. The number of nitrogens with zero attached hydrogens (tertiary/aromatic N) is 1. The van der Waals surface area contributed by atoms with Crippen molar-refractivity contribution < 1.29 is 19.2 Å². The Kier molecular flexibility index (Phi) is 6.63. The number of hydrogen-bond donors (Lipinski definition) is 2. The summed E-state index contributed by atoms with van der Waals surface area (Å²) in [6, 6.07) is 4.75. The van der Waals surface area contributed by atoms with Crippen LogP contribution in [0.25, 0.3) is 0 Å². The lowest BCUT2D eigenvalue weighted by Gasteiger charge is -2.27. The van der Waals surface area contributed by atoms with E-state index >= 15 is 0 Å². The van der Waals surface area contributed by atoms with Crippen molar-refractivity contribution in [3.05, 3.63) is 33.9 Å². The van der Waals surface area contributed by atoms with Gasteiger partial charge < -0.3 is 20.6 Å². The third kappa shape index (κ3) is 6.15. The van der Waals surface area contributed by atoms with Gasteiger partial charge in [0.15, 0.2) is 11.8 Å². The summed E-state index contributed by atoms with van der Waals surface area (Å²) < 4.78 is 5.17. The molecule has 0 spiro atoms. The zero-order chi connectivity index (χ0) is 19.3. The predicted octanol–water partition coefficient (Wildman–Crippen LogP) is 2.33. The number of ether oxygens (including phenoxy) is 1. The van der Waals surface area contributed by atoms with E-state index in [0.717, 1.165) is 5.56 Å². The molecule has 0 bridgehead atoms. The highest BCUT2D eigenvalue weighted by Gasteiger charge is 2.37. The molecule has 0 radical (unpaired) electrons. The summed E-state index contributed by atoms with van der Waals surface area (Å²) in [4.78, 5) is 33.9. The molecule has 1 rings (SSSR count). The van der Waals surface area contributed by atoms with Crippen LogP contribution in [0.3, 0.4) is 0 Å². The summed E-state index contributed by atoms with van der Waals surface area (Å²) in [5.74, 6) is -0.781. The van der Waals surface area contributed by atoms with Crippen LogP contribution in [0, 0.1) is 17.0 Å².